The average molecular weight is 344 g/mol. The van der Waals surface area contributed by atoms with Crippen molar-refractivity contribution in [2.75, 3.05) is 20.2 Å². The monoisotopic (exact) mass is 344 g/mol. The van der Waals surface area contributed by atoms with Crippen molar-refractivity contribution in [3.63, 3.8) is 0 Å². The summed E-state index contributed by atoms with van der Waals surface area (Å²) in [6, 6.07) is 5.69. The summed E-state index contributed by atoms with van der Waals surface area (Å²) in [6.07, 6.45) is 1.04. The molecule has 0 saturated carbocycles. The van der Waals surface area contributed by atoms with Gasteiger partial charge in [-0.15, -0.1) is 0 Å². The first kappa shape index (κ1) is 17.1. The zero-order valence-electron chi connectivity index (χ0n) is 14.2. The number of carbonyl (C=O) groups excluding carboxylic acids is 4. The van der Waals surface area contributed by atoms with Crippen molar-refractivity contribution >= 4 is 23.7 Å². The lowest BCUT2D eigenvalue weighted by Crippen LogP contribution is -2.51. The quantitative estimate of drug-likeness (QED) is 0.605. The molecule has 1 aromatic carbocycles. The second kappa shape index (κ2) is 6.66. The van der Waals surface area contributed by atoms with E-state index in [0.717, 1.165) is 4.90 Å². The molecule has 1 fully saturated rings. The summed E-state index contributed by atoms with van der Waals surface area (Å²) in [5, 5.41) is 0. The maximum absolute atomic E-state index is 12.7. The van der Waals surface area contributed by atoms with Crippen LogP contribution in [0.3, 0.4) is 0 Å². The lowest BCUT2D eigenvalue weighted by molar-refractivity contribution is -0.149. The molecule has 2 aliphatic rings. The zero-order chi connectivity index (χ0) is 18.1. The Morgan fingerprint density at radius 3 is 2.08 bits per heavy atom. The average Bonchev–Trinajstić information content (AvgIpc) is 2.91. The minimum atomic E-state index is -0.873. The summed E-state index contributed by atoms with van der Waals surface area (Å²) in [6.45, 7) is 2.38. The Bertz CT molecular complexity index is 702. The standard InChI is InChI=1S/C18H20N2O5/c1-11(15(21)19-9-7-12(8-10-19)18(24)25-2)20-16(22)13-5-3-4-6-14(13)17(20)23/h3-6,11-12H,7-10H2,1-2H3. The number of carbonyl (C=O) groups is 4. The molecule has 1 saturated heterocycles. The van der Waals surface area contributed by atoms with Crippen LogP contribution >= 0.6 is 0 Å². The molecule has 0 bridgehead atoms. The van der Waals surface area contributed by atoms with Crippen molar-refractivity contribution in [1.29, 1.82) is 0 Å². The topological polar surface area (TPSA) is 84.0 Å². The van der Waals surface area contributed by atoms with Crippen LogP contribution in [0.15, 0.2) is 24.3 Å². The molecule has 1 atom stereocenters. The second-order valence-corrected chi connectivity index (χ2v) is 6.32. The van der Waals surface area contributed by atoms with E-state index in [2.05, 4.69) is 0 Å². The van der Waals surface area contributed by atoms with Crippen LogP contribution in [0.1, 0.15) is 40.5 Å². The number of methoxy groups -OCH3 is 1. The molecule has 2 heterocycles. The predicted octanol–water partition coefficient (Wildman–Crippen LogP) is 1.08. The van der Waals surface area contributed by atoms with E-state index in [1.165, 1.54) is 7.11 Å². The fraction of sp³-hybridized carbons (Fsp3) is 0.444. The van der Waals surface area contributed by atoms with Gasteiger partial charge in [-0.05, 0) is 31.9 Å². The minimum Gasteiger partial charge on any atom is -0.469 e. The molecule has 3 amide bonds. The molecule has 0 aliphatic carbocycles. The van der Waals surface area contributed by atoms with E-state index in [1.807, 2.05) is 0 Å². The van der Waals surface area contributed by atoms with Crippen molar-refractivity contribution in [2.45, 2.75) is 25.8 Å². The van der Waals surface area contributed by atoms with E-state index in [1.54, 1.807) is 36.1 Å². The van der Waals surface area contributed by atoms with Crippen LogP contribution in [0.2, 0.25) is 0 Å². The number of nitrogens with zero attached hydrogens (tertiary/aromatic N) is 2. The number of piperidine rings is 1. The molecule has 7 nitrogen and oxygen atoms in total. The third-order valence-electron chi connectivity index (χ3n) is 4.91. The van der Waals surface area contributed by atoms with Crippen molar-refractivity contribution in [2.24, 2.45) is 5.92 Å². The van der Waals surface area contributed by atoms with Gasteiger partial charge in [0.2, 0.25) is 5.91 Å². The Morgan fingerprint density at radius 2 is 1.60 bits per heavy atom. The first-order valence-corrected chi connectivity index (χ1v) is 8.29. The van der Waals surface area contributed by atoms with E-state index >= 15 is 0 Å². The van der Waals surface area contributed by atoms with Gasteiger partial charge in [-0.2, -0.15) is 0 Å². The molecule has 1 aromatic rings. The number of imide groups is 1. The van der Waals surface area contributed by atoms with Crippen LogP contribution in [-0.2, 0) is 14.3 Å². The van der Waals surface area contributed by atoms with E-state index in [9.17, 15) is 19.2 Å². The molecule has 3 rings (SSSR count). The fourth-order valence-electron chi connectivity index (χ4n) is 3.44. The molecule has 0 N–H and O–H groups in total. The molecule has 0 radical (unpaired) electrons. The lowest BCUT2D eigenvalue weighted by Gasteiger charge is -2.34. The zero-order valence-corrected chi connectivity index (χ0v) is 14.2. The van der Waals surface area contributed by atoms with Gasteiger partial charge in [0.15, 0.2) is 0 Å². The highest BCUT2D eigenvalue weighted by Gasteiger charge is 2.42. The van der Waals surface area contributed by atoms with Gasteiger partial charge < -0.3 is 9.64 Å². The van der Waals surface area contributed by atoms with E-state index < -0.39 is 17.9 Å². The summed E-state index contributed by atoms with van der Waals surface area (Å²) >= 11 is 0. The van der Waals surface area contributed by atoms with Crippen LogP contribution < -0.4 is 0 Å². The van der Waals surface area contributed by atoms with Gasteiger partial charge in [-0.3, -0.25) is 24.1 Å². The van der Waals surface area contributed by atoms with Gasteiger partial charge in [0, 0.05) is 13.1 Å². The van der Waals surface area contributed by atoms with Crippen molar-refractivity contribution < 1.29 is 23.9 Å². The number of rotatable bonds is 3. The van der Waals surface area contributed by atoms with Gasteiger partial charge in [-0.25, -0.2) is 0 Å². The molecular weight excluding hydrogens is 324 g/mol. The second-order valence-electron chi connectivity index (χ2n) is 6.32. The normalized spacial score (nSPS) is 19.0. The molecule has 132 valence electrons. The summed E-state index contributed by atoms with van der Waals surface area (Å²) in [7, 11) is 1.35. The highest BCUT2D eigenvalue weighted by atomic mass is 16.5. The number of esters is 1. The Labute approximate surface area is 145 Å². The molecule has 2 aliphatic heterocycles. The number of hydrogen-bond donors (Lipinski definition) is 0. The summed E-state index contributed by atoms with van der Waals surface area (Å²) in [5.74, 6) is -1.63. The SMILES string of the molecule is COC(=O)C1CCN(C(=O)C(C)N2C(=O)c3ccccc3C2=O)CC1. The van der Waals surface area contributed by atoms with Gasteiger partial charge >= 0.3 is 5.97 Å². The maximum Gasteiger partial charge on any atom is 0.308 e. The molecule has 0 spiro atoms. The third-order valence-corrected chi connectivity index (χ3v) is 4.91. The van der Waals surface area contributed by atoms with Crippen molar-refractivity contribution in [3.8, 4) is 0 Å². The molecule has 1 unspecified atom stereocenters. The number of fused-ring (bicyclic) bond motifs is 1. The van der Waals surface area contributed by atoms with Crippen LogP contribution in [0.4, 0.5) is 0 Å². The summed E-state index contributed by atoms with van der Waals surface area (Å²) in [4.78, 5) is 51.9. The maximum atomic E-state index is 12.7. The Hall–Kier alpha value is -2.70. The molecule has 7 heteroatoms. The highest BCUT2D eigenvalue weighted by molar-refractivity contribution is 6.22. The van der Waals surface area contributed by atoms with E-state index in [-0.39, 0.29) is 17.8 Å². The first-order chi connectivity index (χ1) is 12.0. The van der Waals surface area contributed by atoms with E-state index in [4.69, 9.17) is 4.74 Å². The van der Waals surface area contributed by atoms with Crippen molar-refractivity contribution in [1.82, 2.24) is 9.80 Å². The van der Waals surface area contributed by atoms with Crippen LogP contribution in [0.5, 0.6) is 0 Å². The van der Waals surface area contributed by atoms with E-state index in [0.29, 0.717) is 37.1 Å². The molecular formula is C18H20N2O5. The van der Waals surface area contributed by atoms with Gasteiger partial charge in [0.25, 0.3) is 11.8 Å². The van der Waals surface area contributed by atoms with Crippen molar-refractivity contribution in [3.05, 3.63) is 35.4 Å². The van der Waals surface area contributed by atoms with Crippen LogP contribution in [-0.4, -0.2) is 59.7 Å². The number of likely N-dealkylation sites (tertiary alicyclic amines) is 1. The largest absolute Gasteiger partial charge is 0.469 e. The Balaban J connectivity index is 1.69. The minimum absolute atomic E-state index is 0.205. The first-order valence-electron chi connectivity index (χ1n) is 8.29. The van der Waals surface area contributed by atoms with Crippen LogP contribution in [0, 0.1) is 5.92 Å². The number of benzene rings is 1. The van der Waals surface area contributed by atoms with Crippen LogP contribution in [0.25, 0.3) is 0 Å². The summed E-state index contributed by atoms with van der Waals surface area (Å²) < 4.78 is 4.74. The predicted molar refractivity (Wildman–Crippen MR) is 87.7 cm³/mol. The summed E-state index contributed by atoms with van der Waals surface area (Å²) in [5.41, 5.74) is 0.660. The smallest absolute Gasteiger partial charge is 0.308 e. The Morgan fingerprint density at radius 1 is 1.08 bits per heavy atom. The lowest BCUT2D eigenvalue weighted by atomic mass is 9.96. The molecule has 25 heavy (non-hydrogen) atoms. The fourth-order valence-corrected chi connectivity index (χ4v) is 3.44. The van der Waals surface area contributed by atoms with Gasteiger partial charge in [-0.1, -0.05) is 12.1 Å². The third kappa shape index (κ3) is 2.90. The number of ether oxygens (including phenoxy) is 1. The van der Waals surface area contributed by atoms with Gasteiger partial charge in [0.05, 0.1) is 24.2 Å². The molecule has 0 aromatic heterocycles. The highest BCUT2D eigenvalue weighted by Crippen LogP contribution is 2.26. The van der Waals surface area contributed by atoms with Gasteiger partial charge in [0.1, 0.15) is 6.04 Å². The number of amides is 3. The number of hydrogen-bond acceptors (Lipinski definition) is 5. The Kier molecular flexibility index (Phi) is 4.57.